The molecule has 0 saturated heterocycles. The maximum atomic E-state index is 9.37. The SMILES string of the molecule is CC=C(O)c1ccccc1C. The van der Waals surface area contributed by atoms with Gasteiger partial charge in [0, 0.05) is 5.56 Å². The van der Waals surface area contributed by atoms with Crippen LogP contribution < -0.4 is 0 Å². The molecule has 1 rings (SSSR count). The van der Waals surface area contributed by atoms with Crippen LogP contribution in [0.4, 0.5) is 0 Å². The molecular weight excluding hydrogens is 136 g/mol. The number of hydrogen-bond acceptors (Lipinski definition) is 1. The van der Waals surface area contributed by atoms with Crippen molar-refractivity contribution >= 4 is 5.76 Å². The van der Waals surface area contributed by atoms with Crippen molar-refractivity contribution in [1.82, 2.24) is 0 Å². The maximum Gasteiger partial charge on any atom is 0.118 e. The van der Waals surface area contributed by atoms with Gasteiger partial charge in [-0.3, -0.25) is 0 Å². The van der Waals surface area contributed by atoms with E-state index < -0.39 is 0 Å². The Morgan fingerprint density at radius 1 is 1.36 bits per heavy atom. The summed E-state index contributed by atoms with van der Waals surface area (Å²) >= 11 is 0. The van der Waals surface area contributed by atoms with Gasteiger partial charge in [-0.1, -0.05) is 24.3 Å². The molecule has 0 saturated carbocycles. The first-order valence-corrected chi connectivity index (χ1v) is 3.67. The highest BCUT2D eigenvalue weighted by molar-refractivity contribution is 5.60. The lowest BCUT2D eigenvalue weighted by molar-refractivity contribution is 0.510. The fourth-order valence-electron chi connectivity index (χ4n) is 1.02. The van der Waals surface area contributed by atoms with Gasteiger partial charge < -0.3 is 5.11 Å². The molecule has 1 nitrogen and oxygen atoms in total. The molecule has 0 fully saturated rings. The summed E-state index contributed by atoms with van der Waals surface area (Å²) in [5.41, 5.74) is 2.01. The lowest BCUT2D eigenvalue weighted by Gasteiger charge is -2.02. The van der Waals surface area contributed by atoms with Crippen molar-refractivity contribution in [2.75, 3.05) is 0 Å². The standard InChI is InChI=1S/C10H12O/c1-3-10(11)9-7-5-4-6-8(9)2/h3-7,11H,1-2H3. The molecule has 1 aromatic carbocycles. The molecule has 0 aromatic heterocycles. The predicted octanol–water partition coefficient (Wildman–Crippen LogP) is 2.91. The van der Waals surface area contributed by atoms with Gasteiger partial charge in [0.05, 0.1) is 0 Å². The quantitative estimate of drug-likeness (QED) is 0.607. The van der Waals surface area contributed by atoms with E-state index in [4.69, 9.17) is 0 Å². The Hall–Kier alpha value is -1.24. The first kappa shape index (κ1) is 7.86. The second-order valence-electron chi connectivity index (χ2n) is 2.49. The van der Waals surface area contributed by atoms with E-state index in [0.29, 0.717) is 5.76 Å². The van der Waals surface area contributed by atoms with Gasteiger partial charge in [0.1, 0.15) is 5.76 Å². The zero-order valence-corrected chi connectivity index (χ0v) is 6.83. The minimum atomic E-state index is 0.350. The third-order valence-electron chi connectivity index (χ3n) is 1.69. The topological polar surface area (TPSA) is 20.2 Å². The van der Waals surface area contributed by atoms with Crippen molar-refractivity contribution < 1.29 is 5.11 Å². The molecule has 0 heterocycles. The van der Waals surface area contributed by atoms with E-state index in [1.807, 2.05) is 38.1 Å². The highest BCUT2D eigenvalue weighted by Crippen LogP contribution is 2.14. The van der Waals surface area contributed by atoms with Crippen LogP contribution in [0.25, 0.3) is 5.76 Å². The Bertz CT molecular complexity index is 274. The second kappa shape index (κ2) is 3.24. The van der Waals surface area contributed by atoms with Gasteiger partial charge in [-0.25, -0.2) is 0 Å². The normalized spacial score (nSPS) is 11.6. The van der Waals surface area contributed by atoms with Crippen LogP contribution in [-0.2, 0) is 0 Å². The number of aliphatic hydroxyl groups is 1. The molecule has 0 spiro atoms. The fourth-order valence-corrected chi connectivity index (χ4v) is 1.02. The zero-order chi connectivity index (χ0) is 8.27. The molecule has 1 N–H and O–H groups in total. The van der Waals surface area contributed by atoms with Crippen LogP contribution in [0.2, 0.25) is 0 Å². The molecule has 0 radical (unpaired) electrons. The van der Waals surface area contributed by atoms with Crippen LogP contribution in [0.1, 0.15) is 18.1 Å². The molecule has 1 aromatic rings. The highest BCUT2D eigenvalue weighted by Gasteiger charge is 1.98. The summed E-state index contributed by atoms with van der Waals surface area (Å²) in [7, 11) is 0. The Balaban J connectivity index is 3.14. The Morgan fingerprint density at radius 2 is 2.00 bits per heavy atom. The maximum absolute atomic E-state index is 9.37. The summed E-state index contributed by atoms with van der Waals surface area (Å²) in [6.07, 6.45) is 1.70. The van der Waals surface area contributed by atoms with Crippen molar-refractivity contribution in [2.45, 2.75) is 13.8 Å². The van der Waals surface area contributed by atoms with E-state index in [9.17, 15) is 5.11 Å². The minimum Gasteiger partial charge on any atom is -0.508 e. The summed E-state index contributed by atoms with van der Waals surface area (Å²) in [5.74, 6) is 0.350. The predicted molar refractivity (Wildman–Crippen MR) is 47.5 cm³/mol. The lowest BCUT2D eigenvalue weighted by Crippen LogP contribution is -1.85. The van der Waals surface area contributed by atoms with Crippen molar-refractivity contribution in [2.24, 2.45) is 0 Å². The van der Waals surface area contributed by atoms with E-state index >= 15 is 0 Å². The van der Waals surface area contributed by atoms with Gasteiger partial charge in [0.25, 0.3) is 0 Å². The summed E-state index contributed by atoms with van der Waals surface area (Å²) in [5, 5.41) is 9.37. The van der Waals surface area contributed by atoms with Crippen molar-refractivity contribution in [3.8, 4) is 0 Å². The number of allylic oxidation sites excluding steroid dienone is 1. The summed E-state index contributed by atoms with van der Waals surface area (Å²) < 4.78 is 0. The molecule has 0 aliphatic rings. The molecule has 0 unspecified atom stereocenters. The highest BCUT2D eigenvalue weighted by atomic mass is 16.3. The van der Waals surface area contributed by atoms with Crippen molar-refractivity contribution in [1.29, 1.82) is 0 Å². The molecule has 11 heavy (non-hydrogen) atoms. The number of aryl methyl sites for hydroxylation is 1. The first-order chi connectivity index (χ1) is 5.25. The zero-order valence-electron chi connectivity index (χ0n) is 6.83. The molecule has 0 bridgehead atoms. The summed E-state index contributed by atoms with van der Waals surface area (Å²) in [6.45, 7) is 3.80. The van der Waals surface area contributed by atoms with E-state index in [1.54, 1.807) is 6.08 Å². The van der Waals surface area contributed by atoms with E-state index in [1.165, 1.54) is 0 Å². The second-order valence-corrected chi connectivity index (χ2v) is 2.49. The number of rotatable bonds is 1. The van der Waals surface area contributed by atoms with Crippen LogP contribution >= 0.6 is 0 Å². The molecule has 0 aliphatic carbocycles. The molecule has 1 heteroatoms. The van der Waals surface area contributed by atoms with Gasteiger partial charge in [-0.2, -0.15) is 0 Å². The van der Waals surface area contributed by atoms with Crippen LogP contribution in [0, 0.1) is 6.92 Å². The van der Waals surface area contributed by atoms with Gasteiger partial charge in [0.15, 0.2) is 0 Å². The summed E-state index contributed by atoms with van der Waals surface area (Å²) in [6, 6.07) is 7.77. The van der Waals surface area contributed by atoms with Crippen LogP contribution in [0.15, 0.2) is 30.3 Å². The molecule has 0 aliphatic heterocycles. The van der Waals surface area contributed by atoms with Crippen LogP contribution in [0.3, 0.4) is 0 Å². The minimum absolute atomic E-state index is 0.350. The summed E-state index contributed by atoms with van der Waals surface area (Å²) in [4.78, 5) is 0. The largest absolute Gasteiger partial charge is 0.508 e. The van der Waals surface area contributed by atoms with Gasteiger partial charge in [0.2, 0.25) is 0 Å². The van der Waals surface area contributed by atoms with E-state index in [2.05, 4.69) is 0 Å². The van der Waals surface area contributed by atoms with Gasteiger partial charge >= 0.3 is 0 Å². The number of benzene rings is 1. The monoisotopic (exact) mass is 148 g/mol. The average molecular weight is 148 g/mol. The Morgan fingerprint density at radius 3 is 2.55 bits per heavy atom. The lowest BCUT2D eigenvalue weighted by atomic mass is 10.1. The van der Waals surface area contributed by atoms with E-state index in [0.717, 1.165) is 11.1 Å². The fraction of sp³-hybridized carbons (Fsp3) is 0.200. The van der Waals surface area contributed by atoms with Crippen molar-refractivity contribution in [3.05, 3.63) is 41.5 Å². The van der Waals surface area contributed by atoms with Gasteiger partial charge in [-0.05, 0) is 25.5 Å². The molecular formula is C10H12O. The number of hydrogen-bond donors (Lipinski definition) is 1. The Labute approximate surface area is 67.0 Å². The third-order valence-corrected chi connectivity index (χ3v) is 1.69. The smallest absolute Gasteiger partial charge is 0.118 e. The van der Waals surface area contributed by atoms with Crippen LogP contribution in [-0.4, -0.2) is 5.11 Å². The molecule has 0 amide bonds. The Kier molecular flexibility index (Phi) is 2.32. The third kappa shape index (κ3) is 1.61. The average Bonchev–Trinajstić information content (AvgIpc) is 2.04. The van der Waals surface area contributed by atoms with Crippen LogP contribution in [0.5, 0.6) is 0 Å². The number of aliphatic hydroxyl groups excluding tert-OH is 1. The molecule has 0 atom stereocenters. The molecule has 58 valence electrons. The van der Waals surface area contributed by atoms with Crippen molar-refractivity contribution in [3.63, 3.8) is 0 Å². The first-order valence-electron chi connectivity index (χ1n) is 3.67. The van der Waals surface area contributed by atoms with E-state index in [-0.39, 0.29) is 0 Å². The van der Waals surface area contributed by atoms with Gasteiger partial charge in [-0.15, -0.1) is 0 Å².